The molecular formula is C32H33F6N5O4. The minimum absolute atomic E-state index is 0.0275. The highest BCUT2D eigenvalue weighted by atomic mass is 19.4. The molecule has 1 amide bonds. The van der Waals surface area contributed by atoms with Gasteiger partial charge in [0.25, 0.3) is 5.91 Å². The maximum absolute atomic E-state index is 13.8. The number of ether oxygens (including phenoxy) is 1. The Morgan fingerprint density at radius 3 is 2.30 bits per heavy atom. The maximum atomic E-state index is 13.8. The molecule has 2 aromatic carbocycles. The predicted molar refractivity (Wildman–Crippen MR) is 161 cm³/mol. The first-order valence-electron chi connectivity index (χ1n) is 14.9. The Hall–Kier alpha value is -4.37. The zero-order valence-electron chi connectivity index (χ0n) is 25.4. The predicted octanol–water partition coefficient (Wildman–Crippen LogP) is 5.76. The molecule has 0 radical (unpaired) electrons. The lowest BCUT2D eigenvalue weighted by molar-refractivity contribution is -0.177. The van der Waals surface area contributed by atoms with Crippen molar-refractivity contribution < 1.29 is 45.8 Å². The van der Waals surface area contributed by atoms with E-state index in [1.54, 1.807) is 24.3 Å². The number of anilines is 2. The Morgan fingerprint density at radius 2 is 1.68 bits per heavy atom. The van der Waals surface area contributed by atoms with Crippen LogP contribution < -0.4 is 15.0 Å². The summed E-state index contributed by atoms with van der Waals surface area (Å²) in [4.78, 5) is 33.5. The van der Waals surface area contributed by atoms with Crippen LogP contribution in [0.2, 0.25) is 0 Å². The van der Waals surface area contributed by atoms with Gasteiger partial charge < -0.3 is 20.1 Å². The van der Waals surface area contributed by atoms with E-state index in [4.69, 9.17) is 9.84 Å². The number of aromatic nitrogens is 1. The molecule has 0 unspecified atom stereocenters. The highest BCUT2D eigenvalue weighted by Crippen LogP contribution is 2.40. The lowest BCUT2D eigenvalue weighted by Gasteiger charge is -2.35. The van der Waals surface area contributed by atoms with Crippen LogP contribution in [0.1, 0.15) is 34.3 Å². The van der Waals surface area contributed by atoms with E-state index in [-0.39, 0.29) is 54.1 Å². The number of aliphatic carboxylic acids is 1. The zero-order chi connectivity index (χ0) is 33.9. The Morgan fingerprint density at radius 1 is 0.979 bits per heavy atom. The number of carboxylic acid groups (broad SMARTS) is 1. The topological polar surface area (TPSA) is 98.2 Å². The van der Waals surface area contributed by atoms with Crippen molar-refractivity contribution >= 4 is 23.4 Å². The molecular weight excluding hydrogens is 632 g/mol. The molecule has 2 N–H and O–H groups in total. The van der Waals surface area contributed by atoms with Crippen LogP contribution in [0.3, 0.4) is 0 Å². The molecule has 1 atom stereocenters. The summed E-state index contributed by atoms with van der Waals surface area (Å²) in [5.41, 5.74) is 0.636. The molecule has 2 fully saturated rings. The summed E-state index contributed by atoms with van der Waals surface area (Å²) in [6.07, 6.45) is -7.77. The molecule has 15 heteroatoms. The lowest BCUT2D eigenvalue weighted by atomic mass is 9.98. The van der Waals surface area contributed by atoms with Crippen LogP contribution >= 0.6 is 0 Å². The fourth-order valence-corrected chi connectivity index (χ4v) is 6.03. The van der Waals surface area contributed by atoms with Crippen molar-refractivity contribution in [2.24, 2.45) is 0 Å². The number of methoxy groups -OCH3 is 1. The number of amides is 1. The van der Waals surface area contributed by atoms with Gasteiger partial charge in [-0.1, -0.05) is 6.07 Å². The molecule has 5 rings (SSSR count). The van der Waals surface area contributed by atoms with Crippen LogP contribution in [0.4, 0.5) is 37.8 Å². The largest absolute Gasteiger partial charge is 0.496 e. The van der Waals surface area contributed by atoms with Crippen molar-refractivity contribution in [1.82, 2.24) is 14.8 Å². The fraction of sp³-hybridized carbons (Fsp3) is 0.406. The van der Waals surface area contributed by atoms with Crippen LogP contribution in [0.5, 0.6) is 5.75 Å². The van der Waals surface area contributed by atoms with Crippen LogP contribution in [0.15, 0.2) is 54.7 Å². The van der Waals surface area contributed by atoms with Gasteiger partial charge in [-0.3, -0.25) is 19.4 Å². The molecule has 3 aromatic rings. The van der Waals surface area contributed by atoms with Crippen molar-refractivity contribution in [2.75, 3.05) is 56.6 Å². The quantitative estimate of drug-likeness (QED) is 0.279. The van der Waals surface area contributed by atoms with Crippen molar-refractivity contribution in [3.05, 3.63) is 71.4 Å². The number of carbonyl (C=O) groups excluding carboxylic acids is 1. The van der Waals surface area contributed by atoms with Crippen LogP contribution in [0.25, 0.3) is 11.1 Å². The number of hydrogen-bond donors (Lipinski definition) is 2. The normalized spacial score (nSPS) is 17.9. The monoisotopic (exact) mass is 665 g/mol. The standard InChI is InChI=1S/C32H33F6N5O4/c1-47-26-9-6-21(15-25(26)31(33,34)35)24-17-39-28(16-22(24)18-43-10-2-3-27(43)32(36,37)38)40-30(46)20-4-7-23(8-5-20)42-13-11-41(12-14-42)19-29(44)45/h4-9,15-17,27H,2-3,10-14,18-19H2,1H3,(H,44,45)(H,39,40,46)/t27-/m0/s1. The van der Waals surface area contributed by atoms with E-state index < -0.39 is 41.6 Å². The van der Waals surface area contributed by atoms with E-state index in [1.807, 2.05) is 4.90 Å². The Bertz CT molecular complexity index is 1590. The molecule has 2 saturated heterocycles. The van der Waals surface area contributed by atoms with E-state index in [0.717, 1.165) is 24.9 Å². The summed E-state index contributed by atoms with van der Waals surface area (Å²) >= 11 is 0. The highest BCUT2D eigenvalue weighted by molar-refractivity contribution is 6.04. The summed E-state index contributed by atoms with van der Waals surface area (Å²) in [7, 11) is 1.11. The van der Waals surface area contributed by atoms with Gasteiger partial charge in [0.15, 0.2) is 0 Å². The number of pyridine rings is 1. The number of piperazine rings is 1. The second-order valence-electron chi connectivity index (χ2n) is 11.5. The van der Waals surface area contributed by atoms with E-state index in [0.29, 0.717) is 32.6 Å². The van der Waals surface area contributed by atoms with E-state index in [1.165, 1.54) is 23.2 Å². The number of likely N-dealkylation sites (tertiary alicyclic amines) is 1. The minimum Gasteiger partial charge on any atom is -0.496 e. The average Bonchev–Trinajstić information content (AvgIpc) is 3.50. The van der Waals surface area contributed by atoms with Gasteiger partial charge >= 0.3 is 18.3 Å². The van der Waals surface area contributed by atoms with Gasteiger partial charge in [0.05, 0.1) is 19.2 Å². The summed E-state index contributed by atoms with van der Waals surface area (Å²) < 4.78 is 87.6. The van der Waals surface area contributed by atoms with Crippen LogP contribution in [-0.4, -0.2) is 90.4 Å². The number of hydrogen-bond acceptors (Lipinski definition) is 7. The third kappa shape index (κ3) is 8.14. The zero-order valence-corrected chi connectivity index (χ0v) is 25.4. The first-order valence-corrected chi connectivity index (χ1v) is 14.9. The maximum Gasteiger partial charge on any atom is 0.419 e. The summed E-state index contributed by atoms with van der Waals surface area (Å²) in [5.74, 6) is -1.79. The second kappa shape index (κ2) is 13.8. The molecule has 0 aliphatic carbocycles. The van der Waals surface area contributed by atoms with Crippen molar-refractivity contribution in [1.29, 1.82) is 0 Å². The highest BCUT2D eigenvalue weighted by Gasteiger charge is 2.46. The number of nitrogens with one attached hydrogen (secondary N) is 1. The van der Waals surface area contributed by atoms with Gasteiger partial charge in [-0.05, 0) is 73.0 Å². The molecule has 3 heterocycles. The smallest absolute Gasteiger partial charge is 0.419 e. The molecule has 1 aromatic heterocycles. The van der Waals surface area contributed by atoms with E-state index in [9.17, 15) is 35.9 Å². The molecule has 0 spiro atoms. The summed E-state index contributed by atoms with van der Waals surface area (Å²) in [6, 6.07) is 9.82. The van der Waals surface area contributed by atoms with Crippen LogP contribution in [-0.2, 0) is 17.5 Å². The Labute approximate surface area is 266 Å². The van der Waals surface area contributed by atoms with Gasteiger partial charge in [-0.2, -0.15) is 26.3 Å². The van der Waals surface area contributed by atoms with Gasteiger partial charge in [-0.25, -0.2) is 4.98 Å². The van der Waals surface area contributed by atoms with Crippen molar-refractivity contribution in [2.45, 2.75) is 37.8 Å². The number of nitrogens with zero attached hydrogens (tertiary/aromatic N) is 4. The first-order chi connectivity index (χ1) is 22.2. The molecule has 9 nitrogen and oxygen atoms in total. The van der Waals surface area contributed by atoms with Crippen LogP contribution in [0, 0.1) is 0 Å². The Kier molecular flexibility index (Phi) is 9.96. The second-order valence-corrected chi connectivity index (χ2v) is 11.5. The molecule has 252 valence electrons. The first kappa shape index (κ1) is 34.0. The minimum atomic E-state index is -4.75. The summed E-state index contributed by atoms with van der Waals surface area (Å²) in [6.45, 7) is 2.27. The molecule has 2 aliphatic rings. The number of alkyl halides is 6. The number of benzene rings is 2. The van der Waals surface area contributed by atoms with Crippen molar-refractivity contribution in [3.63, 3.8) is 0 Å². The number of rotatable bonds is 9. The molecule has 0 saturated carbocycles. The van der Waals surface area contributed by atoms with Crippen molar-refractivity contribution in [3.8, 4) is 16.9 Å². The number of carbonyl (C=O) groups is 2. The molecule has 47 heavy (non-hydrogen) atoms. The van der Waals surface area contributed by atoms with Gasteiger partial charge in [0.2, 0.25) is 0 Å². The third-order valence-electron chi connectivity index (χ3n) is 8.39. The SMILES string of the molecule is COc1ccc(-c2cnc(NC(=O)c3ccc(N4CCN(CC(=O)O)CC4)cc3)cc2CN2CCC[C@H]2C(F)(F)F)cc1C(F)(F)F. The van der Waals surface area contributed by atoms with Gasteiger partial charge in [0.1, 0.15) is 17.6 Å². The Balaban J connectivity index is 1.38. The lowest BCUT2D eigenvalue weighted by Crippen LogP contribution is -2.47. The molecule has 0 bridgehead atoms. The third-order valence-corrected chi connectivity index (χ3v) is 8.39. The fourth-order valence-electron chi connectivity index (χ4n) is 6.03. The molecule has 2 aliphatic heterocycles. The summed E-state index contributed by atoms with van der Waals surface area (Å²) in [5, 5.41) is 11.6. The average molecular weight is 666 g/mol. The van der Waals surface area contributed by atoms with Gasteiger partial charge in [-0.15, -0.1) is 0 Å². The number of carboxylic acids is 1. The van der Waals surface area contributed by atoms with E-state index >= 15 is 0 Å². The number of halogens is 6. The van der Waals surface area contributed by atoms with E-state index in [2.05, 4.69) is 15.2 Å². The van der Waals surface area contributed by atoms with Gasteiger partial charge in [0, 0.05) is 55.7 Å².